The molecule has 0 atom stereocenters. The first kappa shape index (κ1) is 18.9. The van der Waals surface area contributed by atoms with Crippen molar-refractivity contribution in [3.63, 3.8) is 0 Å². The average Bonchev–Trinajstić information content (AvgIpc) is 2.72. The van der Waals surface area contributed by atoms with E-state index in [9.17, 15) is 0 Å². The van der Waals surface area contributed by atoms with Crippen molar-refractivity contribution in [1.82, 2.24) is 15.6 Å². The minimum absolute atomic E-state index is 0.615. The van der Waals surface area contributed by atoms with Crippen LogP contribution in [0.5, 0.6) is 0 Å². The van der Waals surface area contributed by atoms with Gasteiger partial charge in [-0.1, -0.05) is 25.5 Å². The quantitative estimate of drug-likeness (QED) is 0.834. The van der Waals surface area contributed by atoms with Gasteiger partial charge in [0.1, 0.15) is 12.5 Å². The second-order valence-corrected chi connectivity index (χ2v) is 8.37. The zero-order chi connectivity index (χ0) is 19.5. The number of benzene rings is 1. The van der Waals surface area contributed by atoms with E-state index in [1.807, 2.05) is 6.21 Å². The third kappa shape index (κ3) is 4.20. The zero-order valence-electron chi connectivity index (χ0n) is 17.2. The smallest absolute Gasteiger partial charge is 0.138 e. The molecule has 28 heavy (non-hydrogen) atoms. The Bertz CT molecular complexity index is 891. The lowest BCUT2D eigenvalue weighted by molar-refractivity contribution is 0.391. The highest BCUT2D eigenvalue weighted by molar-refractivity contribution is 5.92. The molecule has 5 nitrogen and oxygen atoms in total. The maximum absolute atomic E-state index is 5.09. The van der Waals surface area contributed by atoms with Crippen LogP contribution in [-0.4, -0.2) is 43.5 Å². The van der Waals surface area contributed by atoms with Crippen LogP contribution in [0.25, 0.3) is 16.6 Å². The van der Waals surface area contributed by atoms with Gasteiger partial charge in [-0.05, 0) is 56.5 Å². The number of nitrogens with zero attached hydrogens (tertiary/aromatic N) is 3. The number of fused-ring (bicyclic) bond motifs is 1. The van der Waals surface area contributed by atoms with Gasteiger partial charge in [0.2, 0.25) is 0 Å². The van der Waals surface area contributed by atoms with Crippen LogP contribution in [0.1, 0.15) is 37.8 Å². The number of aromatic nitrogens is 1. The molecule has 0 amide bonds. The molecule has 3 heterocycles. The first-order chi connectivity index (χ1) is 13.6. The summed E-state index contributed by atoms with van der Waals surface area (Å²) >= 11 is 0. The van der Waals surface area contributed by atoms with Gasteiger partial charge < -0.3 is 15.5 Å². The van der Waals surface area contributed by atoms with Gasteiger partial charge in [0.05, 0.1) is 5.52 Å². The molecule has 0 saturated carbocycles. The summed E-state index contributed by atoms with van der Waals surface area (Å²) in [4.78, 5) is 11.8. The van der Waals surface area contributed by atoms with E-state index >= 15 is 0 Å². The maximum Gasteiger partial charge on any atom is 0.138 e. The van der Waals surface area contributed by atoms with Gasteiger partial charge in [-0.15, -0.1) is 0 Å². The van der Waals surface area contributed by atoms with Crippen molar-refractivity contribution in [1.29, 1.82) is 0 Å². The van der Waals surface area contributed by atoms with Crippen LogP contribution in [-0.2, 0) is 0 Å². The number of piperidine rings is 1. The van der Waals surface area contributed by atoms with Crippen molar-refractivity contribution in [3.8, 4) is 0 Å². The number of anilines is 1. The van der Waals surface area contributed by atoms with Crippen molar-refractivity contribution in [2.24, 2.45) is 10.9 Å². The third-order valence-electron chi connectivity index (χ3n) is 5.56. The Morgan fingerprint density at radius 3 is 2.75 bits per heavy atom. The Hall–Kier alpha value is -2.40. The molecule has 1 aromatic heterocycles. The molecule has 1 saturated heterocycles. The Kier molecular flexibility index (Phi) is 5.62. The van der Waals surface area contributed by atoms with Crippen molar-refractivity contribution >= 4 is 28.6 Å². The van der Waals surface area contributed by atoms with Gasteiger partial charge >= 0.3 is 0 Å². The third-order valence-corrected chi connectivity index (χ3v) is 5.56. The molecule has 4 rings (SSSR count). The molecule has 0 unspecified atom stereocenters. The largest absolute Gasteiger partial charge is 0.366 e. The summed E-state index contributed by atoms with van der Waals surface area (Å²) in [5, 5.41) is 8.33. The van der Waals surface area contributed by atoms with E-state index in [-0.39, 0.29) is 0 Å². The fourth-order valence-corrected chi connectivity index (χ4v) is 3.98. The number of aliphatic imine (C=N–C) groups is 1. The molecule has 5 heteroatoms. The van der Waals surface area contributed by atoms with Crippen LogP contribution >= 0.6 is 0 Å². The molecule has 2 aliphatic heterocycles. The first-order valence-corrected chi connectivity index (χ1v) is 10.4. The molecule has 1 aromatic carbocycles. The van der Waals surface area contributed by atoms with Crippen molar-refractivity contribution in [2.45, 2.75) is 39.7 Å². The number of rotatable bonds is 5. The van der Waals surface area contributed by atoms with E-state index in [0.717, 1.165) is 49.5 Å². The molecule has 2 aliphatic rings. The lowest BCUT2D eigenvalue weighted by Gasteiger charge is -2.35. The van der Waals surface area contributed by atoms with Crippen molar-refractivity contribution < 1.29 is 0 Å². The molecule has 2 aromatic rings. The van der Waals surface area contributed by atoms with Crippen LogP contribution in [0.2, 0.25) is 0 Å². The average molecular weight is 378 g/mol. The summed E-state index contributed by atoms with van der Waals surface area (Å²) in [6, 6.07) is 9.40. The second kappa shape index (κ2) is 8.31. The zero-order valence-corrected chi connectivity index (χ0v) is 17.2. The van der Waals surface area contributed by atoms with Crippen LogP contribution in [0, 0.1) is 12.8 Å². The highest BCUT2D eigenvalue weighted by Crippen LogP contribution is 2.31. The summed E-state index contributed by atoms with van der Waals surface area (Å²) in [6.07, 6.45) is 6.27. The normalized spacial score (nSPS) is 17.9. The Morgan fingerprint density at radius 2 is 2.04 bits per heavy atom. The fraction of sp³-hybridized carbons (Fsp3) is 0.478. The molecule has 1 fully saturated rings. The molecule has 148 valence electrons. The van der Waals surface area contributed by atoms with E-state index in [1.165, 1.54) is 16.5 Å². The van der Waals surface area contributed by atoms with E-state index in [1.54, 1.807) is 0 Å². The second-order valence-electron chi connectivity index (χ2n) is 8.37. The van der Waals surface area contributed by atoms with Crippen LogP contribution in [0.15, 0.2) is 35.3 Å². The minimum Gasteiger partial charge on any atom is -0.366 e. The molecule has 0 bridgehead atoms. The number of aryl methyl sites for hydroxylation is 1. The SMILES string of the molecule is Cc1ccc2nc(N3CCC(NCC(C)C)CC3)c(C3=CC=NCN3)cc2c1. The predicted octanol–water partition coefficient (Wildman–Crippen LogP) is 3.73. The minimum atomic E-state index is 0.615. The lowest BCUT2D eigenvalue weighted by Crippen LogP contribution is -2.44. The number of hydrogen-bond acceptors (Lipinski definition) is 5. The number of pyridine rings is 1. The molecular formula is C23H31N5. The summed E-state index contributed by atoms with van der Waals surface area (Å²) in [7, 11) is 0. The van der Waals surface area contributed by atoms with E-state index in [4.69, 9.17) is 4.98 Å². The standard InChI is InChI=1S/C23H31N5/c1-16(2)14-25-19-7-10-28(11-8-19)23-20(22-6-9-24-15-26-22)13-18-12-17(3)4-5-21(18)27-23/h4-6,9,12-13,16,19,25-26H,7-8,10-11,14-15H2,1-3H3. The molecule has 0 aliphatic carbocycles. The lowest BCUT2D eigenvalue weighted by atomic mass is 10.0. The Balaban J connectivity index is 1.63. The Labute approximate surface area is 167 Å². The van der Waals surface area contributed by atoms with Crippen LogP contribution in [0.4, 0.5) is 5.82 Å². The molecule has 2 N–H and O–H groups in total. The van der Waals surface area contributed by atoms with E-state index in [0.29, 0.717) is 18.6 Å². The van der Waals surface area contributed by atoms with Crippen LogP contribution < -0.4 is 15.5 Å². The highest BCUT2D eigenvalue weighted by atomic mass is 15.2. The molecule has 0 spiro atoms. The van der Waals surface area contributed by atoms with Crippen LogP contribution in [0.3, 0.4) is 0 Å². The summed E-state index contributed by atoms with van der Waals surface area (Å²) in [6.45, 7) is 10.5. The van der Waals surface area contributed by atoms with Gasteiger partial charge in [-0.3, -0.25) is 4.99 Å². The summed E-state index contributed by atoms with van der Waals surface area (Å²) in [5.41, 5.74) is 4.62. The Morgan fingerprint density at radius 1 is 1.21 bits per heavy atom. The van der Waals surface area contributed by atoms with Gasteiger partial charge in [-0.2, -0.15) is 0 Å². The predicted molar refractivity (Wildman–Crippen MR) is 119 cm³/mol. The maximum atomic E-state index is 5.09. The number of nitrogens with one attached hydrogen (secondary N) is 2. The van der Waals surface area contributed by atoms with Gasteiger partial charge in [0, 0.05) is 42.0 Å². The highest BCUT2D eigenvalue weighted by Gasteiger charge is 2.23. The van der Waals surface area contributed by atoms with Gasteiger partial charge in [0.15, 0.2) is 0 Å². The van der Waals surface area contributed by atoms with E-state index in [2.05, 4.69) is 71.6 Å². The van der Waals surface area contributed by atoms with Gasteiger partial charge in [-0.25, -0.2) is 4.98 Å². The molecular weight excluding hydrogens is 346 g/mol. The van der Waals surface area contributed by atoms with Gasteiger partial charge in [0.25, 0.3) is 0 Å². The van der Waals surface area contributed by atoms with Crippen molar-refractivity contribution in [3.05, 3.63) is 41.5 Å². The first-order valence-electron chi connectivity index (χ1n) is 10.4. The van der Waals surface area contributed by atoms with Crippen molar-refractivity contribution in [2.75, 3.05) is 31.2 Å². The fourth-order valence-electron chi connectivity index (χ4n) is 3.98. The summed E-state index contributed by atoms with van der Waals surface area (Å²) < 4.78 is 0. The molecule has 0 radical (unpaired) electrons. The van der Waals surface area contributed by atoms with E-state index < -0.39 is 0 Å². The number of allylic oxidation sites excluding steroid dienone is 1. The number of hydrogen-bond donors (Lipinski definition) is 2. The monoisotopic (exact) mass is 377 g/mol. The summed E-state index contributed by atoms with van der Waals surface area (Å²) in [5.74, 6) is 1.79. The topological polar surface area (TPSA) is 52.6 Å².